The van der Waals surface area contributed by atoms with Crippen LogP contribution in [-0.4, -0.2) is 28.8 Å². The summed E-state index contributed by atoms with van der Waals surface area (Å²) in [5.41, 5.74) is 0.874. The van der Waals surface area contributed by atoms with Gasteiger partial charge in [-0.25, -0.2) is 0 Å². The number of carbonyl (C=O) groups is 1. The van der Waals surface area contributed by atoms with Gasteiger partial charge in [-0.3, -0.25) is 4.79 Å². The molecule has 108 valence electrons. The van der Waals surface area contributed by atoms with E-state index >= 15 is 0 Å². The smallest absolute Gasteiger partial charge is 0.244 e. The largest absolute Gasteiger partial charge is 0.508 e. The molecule has 0 spiro atoms. The van der Waals surface area contributed by atoms with Crippen LogP contribution in [0.25, 0.3) is 6.08 Å². The van der Waals surface area contributed by atoms with E-state index in [1.165, 1.54) is 6.08 Å². The van der Waals surface area contributed by atoms with Crippen LogP contribution in [0, 0.1) is 5.92 Å². The maximum Gasteiger partial charge on any atom is 0.244 e. The lowest BCUT2D eigenvalue weighted by atomic mass is 9.87. The van der Waals surface area contributed by atoms with E-state index in [1.807, 2.05) is 0 Å². The molecule has 1 aliphatic rings. The van der Waals surface area contributed by atoms with Crippen LogP contribution in [0.2, 0.25) is 0 Å². The van der Waals surface area contributed by atoms with Gasteiger partial charge in [-0.05, 0) is 55.4 Å². The summed E-state index contributed by atoms with van der Waals surface area (Å²) in [4.78, 5) is 11.7. The number of hydrogen-bond acceptors (Lipinski definition) is 3. The fourth-order valence-corrected chi connectivity index (χ4v) is 2.41. The molecular weight excluding hydrogens is 254 g/mol. The number of rotatable bonds is 4. The van der Waals surface area contributed by atoms with Crippen molar-refractivity contribution in [2.45, 2.75) is 31.8 Å². The van der Waals surface area contributed by atoms with E-state index in [2.05, 4.69) is 5.32 Å². The van der Waals surface area contributed by atoms with Crippen molar-refractivity contribution in [3.63, 3.8) is 0 Å². The van der Waals surface area contributed by atoms with Crippen LogP contribution < -0.4 is 5.32 Å². The van der Waals surface area contributed by atoms with Crippen molar-refractivity contribution in [1.29, 1.82) is 0 Å². The van der Waals surface area contributed by atoms with Gasteiger partial charge in [0.15, 0.2) is 0 Å². The summed E-state index contributed by atoms with van der Waals surface area (Å²) in [5.74, 6) is 0.583. The first kappa shape index (κ1) is 14.6. The van der Waals surface area contributed by atoms with E-state index in [-0.39, 0.29) is 17.8 Å². The van der Waals surface area contributed by atoms with Gasteiger partial charge in [0.2, 0.25) is 5.91 Å². The predicted molar refractivity (Wildman–Crippen MR) is 78.1 cm³/mol. The van der Waals surface area contributed by atoms with Gasteiger partial charge in [0.05, 0.1) is 6.10 Å². The third-order valence-electron chi connectivity index (χ3n) is 3.70. The SMILES string of the molecule is O=C(/C=C/c1ccc(O)cc1)NCC1CCC(O)CC1. The fourth-order valence-electron chi connectivity index (χ4n) is 2.41. The number of nitrogens with one attached hydrogen (secondary N) is 1. The number of aliphatic hydroxyl groups is 1. The van der Waals surface area contributed by atoms with Gasteiger partial charge in [0, 0.05) is 12.6 Å². The highest BCUT2D eigenvalue weighted by molar-refractivity contribution is 5.91. The summed E-state index contributed by atoms with van der Waals surface area (Å²) < 4.78 is 0. The van der Waals surface area contributed by atoms with Gasteiger partial charge in [0.1, 0.15) is 5.75 Å². The predicted octanol–water partition coefficient (Wildman–Crippen LogP) is 2.07. The van der Waals surface area contributed by atoms with Crippen LogP contribution in [0.5, 0.6) is 5.75 Å². The Bertz CT molecular complexity index is 459. The van der Waals surface area contributed by atoms with Gasteiger partial charge < -0.3 is 15.5 Å². The molecule has 0 saturated heterocycles. The van der Waals surface area contributed by atoms with Gasteiger partial charge in [-0.15, -0.1) is 0 Å². The lowest BCUT2D eigenvalue weighted by molar-refractivity contribution is -0.116. The summed E-state index contributed by atoms with van der Waals surface area (Å²) in [6, 6.07) is 6.68. The molecule has 1 aromatic rings. The summed E-state index contributed by atoms with van der Waals surface area (Å²) in [5, 5.41) is 21.5. The van der Waals surface area contributed by atoms with Crippen LogP contribution in [0.1, 0.15) is 31.2 Å². The average Bonchev–Trinajstić information content (AvgIpc) is 2.46. The molecule has 0 radical (unpaired) electrons. The number of benzene rings is 1. The Kier molecular flexibility index (Phi) is 5.18. The standard InChI is InChI=1S/C16H21NO3/c18-14-6-1-12(2-7-14)5-10-16(20)17-11-13-3-8-15(19)9-4-13/h1-2,5-7,10,13,15,18-19H,3-4,8-9,11H2,(H,17,20)/b10-5+. The Morgan fingerprint density at radius 2 is 1.85 bits per heavy atom. The zero-order chi connectivity index (χ0) is 14.4. The third-order valence-corrected chi connectivity index (χ3v) is 3.70. The van der Waals surface area contributed by atoms with Crippen LogP contribution in [0.15, 0.2) is 30.3 Å². The Hall–Kier alpha value is -1.81. The van der Waals surface area contributed by atoms with E-state index in [0.717, 1.165) is 31.2 Å². The Morgan fingerprint density at radius 3 is 2.50 bits per heavy atom. The normalized spacial score (nSPS) is 22.9. The number of phenols is 1. The molecule has 0 unspecified atom stereocenters. The second-order valence-electron chi connectivity index (χ2n) is 5.34. The molecule has 0 bridgehead atoms. The number of carbonyl (C=O) groups excluding carboxylic acids is 1. The molecule has 0 heterocycles. The molecule has 2 rings (SSSR count). The van der Waals surface area contributed by atoms with Crippen molar-refractivity contribution >= 4 is 12.0 Å². The minimum absolute atomic E-state index is 0.107. The zero-order valence-corrected chi connectivity index (χ0v) is 11.5. The van der Waals surface area contributed by atoms with Crippen molar-refractivity contribution in [2.24, 2.45) is 5.92 Å². The van der Waals surface area contributed by atoms with E-state index in [9.17, 15) is 9.90 Å². The molecular formula is C16H21NO3. The van der Waals surface area contributed by atoms with Gasteiger partial charge >= 0.3 is 0 Å². The number of phenolic OH excluding ortho intramolecular Hbond substituents is 1. The van der Waals surface area contributed by atoms with Crippen molar-refractivity contribution in [1.82, 2.24) is 5.32 Å². The third kappa shape index (κ3) is 4.70. The molecule has 20 heavy (non-hydrogen) atoms. The first-order valence-electron chi connectivity index (χ1n) is 7.06. The van der Waals surface area contributed by atoms with Crippen molar-refractivity contribution in [2.75, 3.05) is 6.54 Å². The Balaban J connectivity index is 1.73. The number of hydrogen-bond donors (Lipinski definition) is 3. The summed E-state index contributed by atoms with van der Waals surface area (Å²) in [7, 11) is 0. The molecule has 0 atom stereocenters. The Labute approximate surface area is 119 Å². The highest BCUT2D eigenvalue weighted by Gasteiger charge is 2.19. The van der Waals surface area contributed by atoms with Crippen molar-refractivity contribution < 1.29 is 15.0 Å². The molecule has 4 nitrogen and oxygen atoms in total. The maximum atomic E-state index is 11.7. The topological polar surface area (TPSA) is 69.6 Å². The second kappa shape index (κ2) is 7.10. The first-order chi connectivity index (χ1) is 9.63. The Morgan fingerprint density at radius 1 is 1.20 bits per heavy atom. The number of amides is 1. The van der Waals surface area contributed by atoms with Gasteiger partial charge in [-0.2, -0.15) is 0 Å². The molecule has 3 N–H and O–H groups in total. The van der Waals surface area contributed by atoms with Crippen LogP contribution in [-0.2, 0) is 4.79 Å². The van der Waals surface area contributed by atoms with Crippen LogP contribution in [0.3, 0.4) is 0 Å². The van der Waals surface area contributed by atoms with E-state index in [0.29, 0.717) is 12.5 Å². The quantitative estimate of drug-likeness (QED) is 0.737. The second-order valence-corrected chi connectivity index (χ2v) is 5.34. The van der Waals surface area contributed by atoms with Crippen LogP contribution >= 0.6 is 0 Å². The van der Waals surface area contributed by atoms with E-state index < -0.39 is 0 Å². The summed E-state index contributed by atoms with van der Waals surface area (Å²) >= 11 is 0. The minimum atomic E-state index is -0.156. The van der Waals surface area contributed by atoms with Gasteiger partial charge in [0.25, 0.3) is 0 Å². The molecule has 4 heteroatoms. The molecule has 1 amide bonds. The highest BCUT2D eigenvalue weighted by Crippen LogP contribution is 2.23. The molecule has 0 aliphatic heterocycles. The lowest BCUT2D eigenvalue weighted by Crippen LogP contribution is -2.31. The molecule has 1 aromatic carbocycles. The van der Waals surface area contributed by atoms with E-state index in [1.54, 1.807) is 30.3 Å². The highest BCUT2D eigenvalue weighted by atomic mass is 16.3. The van der Waals surface area contributed by atoms with Crippen molar-refractivity contribution in [3.05, 3.63) is 35.9 Å². The summed E-state index contributed by atoms with van der Waals surface area (Å²) in [6.07, 6.45) is 6.69. The monoisotopic (exact) mass is 275 g/mol. The van der Waals surface area contributed by atoms with Crippen LogP contribution in [0.4, 0.5) is 0 Å². The van der Waals surface area contributed by atoms with Gasteiger partial charge in [-0.1, -0.05) is 12.1 Å². The molecule has 1 saturated carbocycles. The fraction of sp³-hybridized carbons (Fsp3) is 0.438. The van der Waals surface area contributed by atoms with E-state index in [4.69, 9.17) is 5.11 Å². The minimum Gasteiger partial charge on any atom is -0.508 e. The summed E-state index contributed by atoms with van der Waals surface area (Å²) in [6.45, 7) is 0.672. The average molecular weight is 275 g/mol. The number of aromatic hydroxyl groups is 1. The van der Waals surface area contributed by atoms with Crippen molar-refractivity contribution in [3.8, 4) is 5.75 Å². The maximum absolute atomic E-state index is 11.7. The molecule has 0 aromatic heterocycles. The lowest BCUT2D eigenvalue weighted by Gasteiger charge is -2.25. The zero-order valence-electron chi connectivity index (χ0n) is 11.5. The molecule has 1 fully saturated rings. The molecule has 1 aliphatic carbocycles. The first-order valence-corrected chi connectivity index (χ1v) is 7.06. The number of aliphatic hydroxyl groups excluding tert-OH is 1.